The van der Waals surface area contributed by atoms with Gasteiger partial charge in [0.05, 0.1) is 11.7 Å². The second kappa shape index (κ2) is 8.93. The average molecular weight is 465 g/mol. The van der Waals surface area contributed by atoms with Crippen LogP contribution in [0.5, 0.6) is 5.75 Å². The van der Waals surface area contributed by atoms with Gasteiger partial charge in [0.15, 0.2) is 0 Å². The van der Waals surface area contributed by atoms with Crippen LogP contribution >= 0.6 is 11.3 Å². The van der Waals surface area contributed by atoms with Gasteiger partial charge >= 0.3 is 6.36 Å². The van der Waals surface area contributed by atoms with E-state index in [-0.39, 0.29) is 42.3 Å². The molecule has 0 atom stereocenters. The lowest BCUT2D eigenvalue weighted by Crippen LogP contribution is -2.29. The summed E-state index contributed by atoms with van der Waals surface area (Å²) in [6.45, 7) is 0.103. The Hall–Kier alpha value is -2.88. The fourth-order valence-electron chi connectivity index (χ4n) is 3.95. The second-order valence-corrected chi connectivity index (χ2v) is 8.87. The van der Waals surface area contributed by atoms with Crippen LogP contribution < -0.4 is 10.3 Å². The van der Waals surface area contributed by atoms with Crippen molar-refractivity contribution in [3.63, 3.8) is 0 Å². The Balaban J connectivity index is 1.45. The molecule has 1 amide bonds. The zero-order valence-corrected chi connectivity index (χ0v) is 18.3. The Kier molecular flexibility index (Phi) is 6.23. The van der Waals surface area contributed by atoms with Crippen molar-refractivity contribution in [1.29, 1.82) is 0 Å². The van der Waals surface area contributed by atoms with Crippen LogP contribution in [-0.4, -0.2) is 33.8 Å². The summed E-state index contributed by atoms with van der Waals surface area (Å²) in [7, 11) is 1.51. The van der Waals surface area contributed by atoms with Crippen LogP contribution in [0.1, 0.15) is 35.3 Å². The minimum Gasteiger partial charge on any atom is -0.405 e. The van der Waals surface area contributed by atoms with Crippen molar-refractivity contribution in [1.82, 2.24) is 14.5 Å². The largest absolute Gasteiger partial charge is 0.573 e. The molecular formula is C22H22F3N3O3S. The molecule has 0 unspecified atom stereocenters. The number of rotatable bonds is 6. The van der Waals surface area contributed by atoms with Crippen LogP contribution in [-0.2, 0) is 30.7 Å². The molecule has 2 heterocycles. The summed E-state index contributed by atoms with van der Waals surface area (Å²) in [4.78, 5) is 33.3. The first-order valence-electron chi connectivity index (χ1n) is 10.3. The van der Waals surface area contributed by atoms with Gasteiger partial charge in [-0.2, -0.15) is 0 Å². The summed E-state index contributed by atoms with van der Waals surface area (Å²) in [5.74, 6) is -0.640. The van der Waals surface area contributed by atoms with E-state index in [1.807, 2.05) is 0 Å². The highest BCUT2D eigenvalue weighted by molar-refractivity contribution is 7.18. The van der Waals surface area contributed by atoms with Crippen molar-refractivity contribution < 1.29 is 22.7 Å². The fourth-order valence-corrected chi connectivity index (χ4v) is 5.17. The van der Waals surface area contributed by atoms with E-state index in [1.54, 1.807) is 17.4 Å². The highest BCUT2D eigenvalue weighted by atomic mass is 32.1. The van der Waals surface area contributed by atoms with Crippen molar-refractivity contribution in [3.8, 4) is 5.75 Å². The monoisotopic (exact) mass is 465 g/mol. The topological polar surface area (TPSA) is 64.4 Å². The SMILES string of the molecule is CN(Cc1ccccc1OC(F)(F)F)C(=O)CCn1cnc2sc3c(c2c1=O)CCCC3. The number of aromatic nitrogens is 2. The molecule has 0 N–H and O–H groups in total. The number of carbonyl (C=O) groups is 1. The highest BCUT2D eigenvalue weighted by Crippen LogP contribution is 2.33. The van der Waals surface area contributed by atoms with Crippen molar-refractivity contribution in [3.05, 3.63) is 57.0 Å². The van der Waals surface area contributed by atoms with Gasteiger partial charge in [0.1, 0.15) is 10.6 Å². The first-order valence-corrected chi connectivity index (χ1v) is 11.1. The predicted octanol–water partition coefficient (Wildman–Crippen LogP) is 4.28. The number of halogens is 3. The number of hydrogen-bond donors (Lipinski definition) is 0. The molecule has 2 aromatic heterocycles. The maximum absolute atomic E-state index is 13.0. The van der Waals surface area contributed by atoms with E-state index in [0.717, 1.165) is 36.1 Å². The van der Waals surface area contributed by atoms with E-state index < -0.39 is 6.36 Å². The standard InChI is InChI=1S/C22H22F3N3O3S/c1-27(12-14-6-2-4-8-16(14)31-22(23,24)25)18(29)10-11-28-13-26-20-19(21(28)30)15-7-3-5-9-17(15)32-20/h2,4,6,8,13H,3,5,7,9-12H2,1H3. The number of fused-ring (bicyclic) bond motifs is 3. The maximum atomic E-state index is 13.0. The minimum atomic E-state index is -4.81. The quantitative estimate of drug-likeness (QED) is 0.545. The summed E-state index contributed by atoms with van der Waals surface area (Å²) in [6.07, 6.45) is 0.689. The number of ether oxygens (including phenoxy) is 1. The number of alkyl halides is 3. The molecule has 1 aromatic carbocycles. The summed E-state index contributed by atoms with van der Waals surface area (Å²) in [5.41, 5.74) is 1.19. The number of amides is 1. The number of para-hydroxylation sites is 1. The third-order valence-corrected chi connectivity index (χ3v) is 6.74. The molecule has 3 aromatic rings. The maximum Gasteiger partial charge on any atom is 0.573 e. The zero-order valence-electron chi connectivity index (χ0n) is 17.4. The summed E-state index contributed by atoms with van der Waals surface area (Å²) >= 11 is 1.57. The average Bonchev–Trinajstić information content (AvgIpc) is 3.12. The normalized spacial score (nSPS) is 13.8. The number of nitrogens with zero attached hydrogens (tertiary/aromatic N) is 3. The van der Waals surface area contributed by atoms with Gasteiger partial charge in [-0.25, -0.2) is 4.98 Å². The van der Waals surface area contributed by atoms with E-state index in [2.05, 4.69) is 9.72 Å². The van der Waals surface area contributed by atoms with Crippen molar-refractivity contribution in [2.24, 2.45) is 0 Å². The third-order valence-electron chi connectivity index (χ3n) is 5.54. The lowest BCUT2D eigenvalue weighted by molar-refractivity contribution is -0.275. The number of hydrogen-bond acceptors (Lipinski definition) is 5. The van der Waals surface area contributed by atoms with Crippen LogP contribution in [0.4, 0.5) is 13.2 Å². The predicted molar refractivity (Wildman–Crippen MR) is 115 cm³/mol. The van der Waals surface area contributed by atoms with E-state index in [0.29, 0.717) is 5.39 Å². The Morgan fingerprint density at radius 1 is 1.25 bits per heavy atom. The fraction of sp³-hybridized carbons (Fsp3) is 0.409. The molecule has 0 saturated carbocycles. The minimum absolute atomic E-state index is 0.0260. The summed E-state index contributed by atoms with van der Waals surface area (Å²) < 4.78 is 43.3. The van der Waals surface area contributed by atoms with Crippen LogP contribution in [0.3, 0.4) is 0 Å². The molecule has 4 rings (SSSR count). The van der Waals surface area contributed by atoms with Gasteiger partial charge in [0.2, 0.25) is 5.91 Å². The first kappa shape index (κ1) is 22.3. The summed E-state index contributed by atoms with van der Waals surface area (Å²) in [5, 5.41) is 0.659. The third kappa shape index (κ3) is 4.79. The number of aryl methyl sites for hydroxylation is 3. The molecular weight excluding hydrogens is 443 g/mol. The van der Waals surface area contributed by atoms with Crippen molar-refractivity contribution in [2.75, 3.05) is 7.05 Å². The van der Waals surface area contributed by atoms with Gasteiger partial charge in [-0.15, -0.1) is 24.5 Å². The lowest BCUT2D eigenvalue weighted by atomic mass is 9.97. The van der Waals surface area contributed by atoms with Gasteiger partial charge in [-0.3, -0.25) is 14.2 Å². The smallest absolute Gasteiger partial charge is 0.405 e. The van der Waals surface area contributed by atoms with Crippen LogP contribution in [0.2, 0.25) is 0 Å². The first-order chi connectivity index (χ1) is 15.2. The number of benzene rings is 1. The van der Waals surface area contributed by atoms with Crippen LogP contribution in [0, 0.1) is 0 Å². The van der Waals surface area contributed by atoms with Crippen molar-refractivity contribution >= 4 is 27.5 Å². The Morgan fingerprint density at radius 3 is 2.78 bits per heavy atom. The Morgan fingerprint density at radius 2 is 2.00 bits per heavy atom. The molecule has 170 valence electrons. The van der Waals surface area contributed by atoms with Gasteiger partial charge < -0.3 is 9.64 Å². The molecule has 6 nitrogen and oxygen atoms in total. The van der Waals surface area contributed by atoms with Crippen LogP contribution in [0.15, 0.2) is 35.4 Å². The van der Waals surface area contributed by atoms with Gasteiger partial charge in [-0.1, -0.05) is 18.2 Å². The lowest BCUT2D eigenvalue weighted by Gasteiger charge is -2.20. The van der Waals surface area contributed by atoms with Gasteiger partial charge in [0.25, 0.3) is 5.56 Å². The molecule has 10 heteroatoms. The highest BCUT2D eigenvalue weighted by Gasteiger charge is 2.32. The summed E-state index contributed by atoms with van der Waals surface area (Å²) in [6, 6.07) is 5.71. The Labute approximate surface area is 186 Å². The molecule has 1 aliphatic carbocycles. The zero-order chi connectivity index (χ0) is 22.9. The molecule has 1 aliphatic rings. The molecule has 32 heavy (non-hydrogen) atoms. The van der Waals surface area contributed by atoms with E-state index in [1.165, 1.54) is 45.9 Å². The molecule has 0 spiro atoms. The van der Waals surface area contributed by atoms with E-state index >= 15 is 0 Å². The molecule has 0 saturated heterocycles. The van der Waals surface area contributed by atoms with Crippen LogP contribution in [0.25, 0.3) is 10.2 Å². The number of thiophene rings is 1. The second-order valence-electron chi connectivity index (χ2n) is 7.79. The molecule has 0 fully saturated rings. The van der Waals surface area contributed by atoms with E-state index in [9.17, 15) is 22.8 Å². The number of carbonyl (C=O) groups excluding carboxylic acids is 1. The molecule has 0 bridgehead atoms. The van der Waals surface area contributed by atoms with Gasteiger partial charge in [0, 0.05) is 37.0 Å². The Bertz CT molecular complexity index is 1200. The van der Waals surface area contributed by atoms with Gasteiger partial charge in [-0.05, 0) is 37.3 Å². The van der Waals surface area contributed by atoms with Crippen molar-refractivity contribution in [2.45, 2.75) is 51.6 Å². The molecule has 0 radical (unpaired) electrons. The van der Waals surface area contributed by atoms with E-state index in [4.69, 9.17) is 0 Å². The molecule has 0 aliphatic heterocycles.